The van der Waals surface area contributed by atoms with Gasteiger partial charge in [-0.25, -0.2) is 0 Å². The standard InChI is InChI=1S/C18H24N4OS/c1-11(2)22-17(14-6-7-14)20-21-18(22)24-10-16(23)19-15-8-5-12(3)9-13(15)4/h5,8-9,11,14H,6-7,10H2,1-4H3,(H,19,23). The number of rotatable bonds is 6. The van der Waals surface area contributed by atoms with E-state index in [1.807, 2.05) is 26.0 Å². The number of anilines is 1. The van der Waals surface area contributed by atoms with Gasteiger partial charge in [0.05, 0.1) is 5.75 Å². The molecule has 3 rings (SSSR count). The Morgan fingerprint density at radius 3 is 2.71 bits per heavy atom. The molecule has 1 N–H and O–H groups in total. The van der Waals surface area contributed by atoms with Gasteiger partial charge in [0.1, 0.15) is 5.82 Å². The van der Waals surface area contributed by atoms with Crippen molar-refractivity contribution in [1.29, 1.82) is 0 Å². The minimum Gasteiger partial charge on any atom is -0.325 e. The van der Waals surface area contributed by atoms with Crippen molar-refractivity contribution in [3.63, 3.8) is 0 Å². The second-order valence-electron chi connectivity index (χ2n) is 6.73. The number of hydrogen-bond donors (Lipinski definition) is 1. The molecule has 1 heterocycles. The molecule has 0 atom stereocenters. The summed E-state index contributed by atoms with van der Waals surface area (Å²) in [5.41, 5.74) is 3.14. The zero-order chi connectivity index (χ0) is 17.3. The summed E-state index contributed by atoms with van der Waals surface area (Å²) in [4.78, 5) is 12.3. The second-order valence-corrected chi connectivity index (χ2v) is 7.68. The van der Waals surface area contributed by atoms with Crippen molar-refractivity contribution in [2.24, 2.45) is 0 Å². The smallest absolute Gasteiger partial charge is 0.234 e. The number of hydrogen-bond acceptors (Lipinski definition) is 4. The quantitative estimate of drug-likeness (QED) is 0.802. The number of carbonyl (C=O) groups excluding carboxylic acids is 1. The lowest BCUT2D eigenvalue weighted by Crippen LogP contribution is -2.16. The number of amides is 1. The molecule has 0 spiro atoms. The molecule has 0 unspecified atom stereocenters. The van der Waals surface area contributed by atoms with E-state index in [1.54, 1.807) is 0 Å². The van der Waals surface area contributed by atoms with Crippen LogP contribution in [0.3, 0.4) is 0 Å². The van der Waals surface area contributed by atoms with Crippen LogP contribution in [0.4, 0.5) is 5.69 Å². The van der Waals surface area contributed by atoms with Crippen LogP contribution in [-0.4, -0.2) is 26.4 Å². The van der Waals surface area contributed by atoms with Crippen LogP contribution in [0.15, 0.2) is 23.4 Å². The molecule has 0 saturated heterocycles. The highest BCUT2D eigenvalue weighted by Crippen LogP contribution is 2.41. The first-order valence-corrected chi connectivity index (χ1v) is 9.39. The van der Waals surface area contributed by atoms with E-state index in [0.717, 1.165) is 22.2 Å². The van der Waals surface area contributed by atoms with Crippen molar-refractivity contribution in [1.82, 2.24) is 14.8 Å². The maximum atomic E-state index is 12.3. The number of nitrogens with one attached hydrogen (secondary N) is 1. The summed E-state index contributed by atoms with van der Waals surface area (Å²) >= 11 is 1.46. The Hall–Kier alpha value is -1.82. The van der Waals surface area contributed by atoms with Gasteiger partial charge in [-0.1, -0.05) is 29.5 Å². The third-order valence-electron chi connectivity index (χ3n) is 4.14. The lowest BCUT2D eigenvalue weighted by molar-refractivity contribution is -0.113. The van der Waals surface area contributed by atoms with Gasteiger partial charge in [0.25, 0.3) is 0 Å². The Morgan fingerprint density at radius 2 is 2.08 bits per heavy atom. The minimum atomic E-state index is -0.0155. The molecule has 24 heavy (non-hydrogen) atoms. The van der Waals surface area contributed by atoms with Gasteiger partial charge >= 0.3 is 0 Å². The fourth-order valence-corrected chi connectivity index (χ4v) is 3.64. The molecule has 6 heteroatoms. The van der Waals surface area contributed by atoms with Crippen LogP contribution < -0.4 is 5.32 Å². The van der Waals surface area contributed by atoms with Crippen LogP contribution in [0.5, 0.6) is 0 Å². The summed E-state index contributed by atoms with van der Waals surface area (Å²) in [5, 5.41) is 12.5. The number of aromatic nitrogens is 3. The third-order valence-corrected chi connectivity index (χ3v) is 5.08. The molecule has 1 aliphatic rings. The fraction of sp³-hybridized carbons (Fsp3) is 0.500. The van der Waals surface area contributed by atoms with Gasteiger partial charge in [0, 0.05) is 17.6 Å². The highest BCUT2D eigenvalue weighted by atomic mass is 32.2. The van der Waals surface area contributed by atoms with Crippen LogP contribution in [-0.2, 0) is 4.79 Å². The van der Waals surface area contributed by atoms with Crippen molar-refractivity contribution < 1.29 is 4.79 Å². The fourth-order valence-electron chi connectivity index (χ4n) is 2.76. The molecule has 1 aromatic carbocycles. The van der Waals surface area contributed by atoms with E-state index in [-0.39, 0.29) is 5.91 Å². The van der Waals surface area contributed by atoms with E-state index in [4.69, 9.17) is 0 Å². The first-order valence-electron chi connectivity index (χ1n) is 8.40. The summed E-state index contributed by atoms with van der Waals surface area (Å²) in [5.74, 6) is 1.95. The zero-order valence-corrected chi connectivity index (χ0v) is 15.5. The highest BCUT2D eigenvalue weighted by molar-refractivity contribution is 7.99. The number of nitrogens with zero attached hydrogens (tertiary/aromatic N) is 3. The average Bonchev–Trinajstić information content (AvgIpc) is 3.27. The molecular weight excluding hydrogens is 320 g/mol. The first kappa shape index (κ1) is 17.0. The van der Waals surface area contributed by atoms with Crippen molar-refractivity contribution in [2.45, 2.75) is 57.7 Å². The first-order chi connectivity index (χ1) is 11.5. The Morgan fingerprint density at radius 1 is 1.33 bits per heavy atom. The van der Waals surface area contributed by atoms with Crippen molar-refractivity contribution in [2.75, 3.05) is 11.1 Å². The topological polar surface area (TPSA) is 59.8 Å². The lowest BCUT2D eigenvalue weighted by atomic mass is 10.1. The summed E-state index contributed by atoms with van der Waals surface area (Å²) < 4.78 is 2.17. The largest absolute Gasteiger partial charge is 0.325 e. The van der Waals surface area contributed by atoms with Gasteiger partial charge in [0.15, 0.2) is 5.16 Å². The van der Waals surface area contributed by atoms with E-state index in [9.17, 15) is 4.79 Å². The molecule has 5 nitrogen and oxygen atoms in total. The molecule has 1 fully saturated rings. The molecule has 2 aromatic rings. The van der Waals surface area contributed by atoms with E-state index in [1.165, 1.54) is 30.2 Å². The number of carbonyl (C=O) groups is 1. The Labute approximate surface area is 147 Å². The van der Waals surface area contributed by atoms with Gasteiger partial charge in [-0.05, 0) is 52.2 Å². The van der Waals surface area contributed by atoms with Crippen LogP contribution in [0, 0.1) is 13.8 Å². The molecule has 0 radical (unpaired) electrons. The van der Waals surface area contributed by atoms with Gasteiger partial charge in [0.2, 0.25) is 5.91 Å². The minimum absolute atomic E-state index is 0.0155. The number of thioether (sulfide) groups is 1. The maximum Gasteiger partial charge on any atom is 0.234 e. The van der Waals surface area contributed by atoms with Gasteiger partial charge in [-0.3, -0.25) is 4.79 Å². The lowest BCUT2D eigenvalue weighted by Gasteiger charge is -2.13. The molecule has 1 saturated carbocycles. The van der Waals surface area contributed by atoms with Crippen LogP contribution in [0.25, 0.3) is 0 Å². The third kappa shape index (κ3) is 3.80. The number of aryl methyl sites for hydroxylation is 2. The Bertz CT molecular complexity index is 749. The van der Waals surface area contributed by atoms with E-state index >= 15 is 0 Å². The summed E-state index contributed by atoms with van der Waals surface area (Å²) in [7, 11) is 0. The Balaban J connectivity index is 1.64. The van der Waals surface area contributed by atoms with Gasteiger partial charge in [-0.15, -0.1) is 10.2 Å². The number of benzene rings is 1. The molecule has 0 bridgehead atoms. The normalized spacial score (nSPS) is 14.2. The maximum absolute atomic E-state index is 12.3. The van der Waals surface area contributed by atoms with Crippen LogP contribution in [0.2, 0.25) is 0 Å². The van der Waals surface area contributed by atoms with E-state index in [0.29, 0.717) is 17.7 Å². The summed E-state index contributed by atoms with van der Waals surface area (Å²) in [6, 6.07) is 6.34. The van der Waals surface area contributed by atoms with Gasteiger partial charge in [-0.2, -0.15) is 0 Å². The monoisotopic (exact) mass is 344 g/mol. The SMILES string of the molecule is Cc1ccc(NC(=O)CSc2nnc(C3CC3)n2C(C)C)c(C)c1. The van der Waals surface area contributed by atoms with Crippen LogP contribution in [0.1, 0.15) is 55.6 Å². The highest BCUT2D eigenvalue weighted by Gasteiger charge is 2.31. The van der Waals surface area contributed by atoms with Crippen LogP contribution >= 0.6 is 11.8 Å². The van der Waals surface area contributed by atoms with Crippen molar-refractivity contribution in [3.05, 3.63) is 35.2 Å². The molecule has 1 amide bonds. The van der Waals surface area contributed by atoms with Crippen molar-refractivity contribution in [3.8, 4) is 0 Å². The van der Waals surface area contributed by atoms with Crippen molar-refractivity contribution >= 4 is 23.4 Å². The van der Waals surface area contributed by atoms with E-state index < -0.39 is 0 Å². The summed E-state index contributed by atoms with van der Waals surface area (Å²) in [6.07, 6.45) is 2.39. The van der Waals surface area contributed by atoms with Gasteiger partial charge < -0.3 is 9.88 Å². The molecule has 0 aliphatic heterocycles. The average molecular weight is 344 g/mol. The second kappa shape index (κ2) is 6.97. The Kier molecular flexibility index (Phi) is 4.94. The predicted octanol–water partition coefficient (Wildman–Crippen LogP) is 4.08. The zero-order valence-electron chi connectivity index (χ0n) is 14.7. The van der Waals surface area contributed by atoms with E-state index in [2.05, 4.69) is 40.0 Å². The predicted molar refractivity (Wildman–Crippen MR) is 97.7 cm³/mol. The molecule has 1 aliphatic carbocycles. The molecular formula is C18H24N4OS. The molecule has 128 valence electrons. The molecule has 1 aromatic heterocycles. The summed E-state index contributed by atoms with van der Waals surface area (Å²) in [6.45, 7) is 8.32.